The quantitative estimate of drug-likeness (QED) is 0.857. The summed E-state index contributed by atoms with van der Waals surface area (Å²) < 4.78 is 0. The van der Waals surface area contributed by atoms with Gasteiger partial charge in [-0.3, -0.25) is 9.59 Å². The minimum atomic E-state index is -0.932. The number of anilines is 1. The second-order valence-electron chi connectivity index (χ2n) is 5.53. The first-order valence-corrected chi connectivity index (χ1v) is 6.90. The van der Waals surface area contributed by atoms with Gasteiger partial charge in [-0.25, -0.2) is 0 Å². The van der Waals surface area contributed by atoms with Crippen molar-refractivity contribution in [2.75, 3.05) is 11.4 Å². The number of fused-ring (bicyclic) bond motifs is 1. The molecule has 0 spiro atoms. The number of amides is 1. The lowest BCUT2D eigenvalue weighted by Gasteiger charge is -2.24. The third kappa shape index (κ3) is 2.18. The molecule has 1 aromatic carbocycles. The lowest BCUT2D eigenvalue weighted by Crippen LogP contribution is -2.26. The molecule has 1 aliphatic heterocycles. The van der Waals surface area contributed by atoms with Crippen molar-refractivity contribution in [3.05, 3.63) is 29.3 Å². The zero-order valence-corrected chi connectivity index (χ0v) is 11.1. The third-order valence-electron chi connectivity index (χ3n) is 4.20. The fraction of sp³-hybridized carbons (Fsp3) is 0.467. The first-order chi connectivity index (χ1) is 9.56. The van der Waals surface area contributed by atoms with Crippen LogP contribution in [0.3, 0.4) is 0 Å². The fourth-order valence-corrected chi connectivity index (χ4v) is 3.05. The maximum absolute atomic E-state index is 11.9. The number of rotatable bonds is 2. The standard InChI is InChI=1S/C15H17NO4/c17-13-3-1-2-9-4-5-11(7-12(9)13)16-8-10(15(19)20)6-14(16)18/h4-5,7,10,13,17H,1-3,6,8H2,(H,19,20). The average molecular weight is 275 g/mol. The van der Waals surface area contributed by atoms with Gasteiger partial charge >= 0.3 is 5.97 Å². The number of carboxylic acids is 1. The summed E-state index contributed by atoms with van der Waals surface area (Å²) in [7, 11) is 0. The Kier molecular flexibility index (Phi) is 3.22. The molecule has 3 rings (SSSR count). The topological polar surface area (TPSA) is 77.8 Å². The number of hydrogen-bond acceptors (Lipinski definition) is 3. The molecule has 106 valence electrons. The van der Waals surface area contributed by atoms with Crippen LogP contribution in [0.2, 0.25) is 0 Å². The van der Waals surface area contributed by atoms with Crippen molar-refractivity contribution >= 4 is 17.6 Å². The first kappa shape index (κ1) is 13.1. The number of aryl methyl sites for hydroxylation is 1. The van der Waals surface area contributed by atoms with Crippen LogP contribution in [0.1, 0.15) is 36.5 Å². The van der Waals surface area contributed by atoms with Crippen LogP contribution in [0, 0.1) is 5.92 Å². The molecule has 5 heteroatoms. The van der Waals surface area contributed by atoms with Crippen molar-refractivity contribution in [3.63, 3.8) is 0 Å². The van der Waals surface area contributed by atoms with Crippen molar-refractivity contribution in [2.24, 2.45) is 5.92 Å². The Morgan fingerprint density at radius 2 is 2.15 bits per heavy atom. The number of aliphatic carboxylic acids is 1. The molecule has 20 heavy (non-hydrogen) atoms. The van der Waals surface area contributed by atoms with Gasteiger partial charge in [-0.05, 0) is 42.5 Å². The SMILES string of the molecule is O=C(O)C1CC(=O)N(c2ccc3c(c2)C(O)CCC3)C1. The van der Waals surface area contributed by atoms with E-state index in [0.717, 1.165) is 30.4 Å². The highest BCUT2D eigenvalue weighted by molar-refractivity contribution is 5.99. The number of aliphatic hydroxyl groups excluding tert-OH is 1. The number of hydrogen-bond donors (Lipinski definition) is 2. The molecule has 2 unspecified atom stereocenters. The van der Waals surface area contributed by atoms with Gasteiger partial charge in [0.25, 0.3) is 0 Å². The van der Waals surface area contributed by atoms with Crippen LogP contribution in [0.4, 0.5) is 5.69 Å². The van der Waals surface area contributed by atoms with Gasteiger partial charge < -0.3 is 15.1 Å². The minimum absolute atomic E-state index is 0.0506. The molecule has 1 aliphatic carbocycles. The maximum atomic E-state index is 11.9. The Morgan fingerprint density at radius 1 is 1.35 bits per heavy atom. The van der Waals surface area contributed by atoms with Gasteiger partial charge in [0.05, 0.1) is 12.0 Å². The van der Waals surface area contributed by atoms with E-state index in [1.54, 1.807) is 0 Å². The van der Waals surface area contributed by atoms with Gasteiger partial charge in [0.2, 0.25) is 5.91 Å². The van der Waals surface area contributed by atoms with Gasteiger partial charge in [-0.2, -0.15) is 0 Å². The highest BCUT2D eigenvalue weighted by Gasteiger charge is 2.35. The second kappa shape index (κ2) is 4.90. The van der Waals surface area contributed by atoms with E-state index in [1.807, 2.05) is 18.2 Å². The van der Waals surface area contributed by atoms with E-state index in [2.05, 4.69) is 0 Å². The Balaban J connectivity index is 1.90. The van der Waals surface area contributed by atoms with Crippen molar-refractivity contribution in [3.8, 4) is 0 Å². The molecular formula is C15H17NO4. The molecule has 1 amide bonds. The molecule has 1 heterocycles. The van der Waals surface area contributed by atoms with Gasteiger partial charge in [0.15, 0.2) is 0 Å². The van der Waals surface area contributed by atoms with Gasteiger partial charge in [0.1, 0.15) is 0 Å². The van der Waals surface area contributed by atoms with Crippen molar-refractivity contribution in [1.82, 2.24) is 0 Å². The summed E-state index contributed by atoms with van der Waals surface area (Å²) in [5, 5.41) is 19.0. The van der Waals surface area contributed by atoms with E-state index in [0.29, 0.717) is 5.69 Å². The van der Waals surface area contributed by atoms with E-state index < -0.39 is 18.0 Å². The molecule has 1 aromatic rings. The number of carbonyl (C=O) groups excluding carboxylic acids is 1. The van der Waals surface area contributed by atoms with E-state index in [-0.39, 0.29) is 18.9 Å². The van der Waals surface area contributed by atoms with Gasteiger partial charge in [0, 0.05) is 18.7 Å². The van der Waals surface area contributed by atoms with Crippen LogP contribution < -0.4 is 4.90 Å². The second-order valence-corrected chi connectivity index (χ2v) is 5.53. The van der Waals surface area contributed by atoms with E-state index >= 15 is 0 Å². The molecule has 0 saturated carbocycles. The average Bonchev–Trinajstić information content (AvgIpc) is 2.81. The first-order valence-electron chi connectivity index (χ1n) is 6.90. The summed E-state index contributed by atoms with van der Waals surface area (Å²) in [6.45, 7) is 0.211. The maximum Gasteiger partial charge on any atom is 0.308 e. The lowest BCUT2D eigenvalue weighted by molar-refractivity contribution is -0.141. The molecule has 1 fully saturated rings. The fourth-order valence-electron chi connectivity index (χ4n) is 3.05. The van der Waals surface area contributed by atoms with Crippen LogP contribution in [-0.2, 0) is 16.0 Å². The van der Waals surface area contributed by atoms with Gasteiger partial charge in [-0.1, -0.05) is 6.07 Å². The number of nitrogens with zero attached hydrogens (tertiary/aromatic N) is 1. The number of carboxylic acid groups (broad SMARTS) is 1. The van der Waals surface area contributed by atoms with E-state index in [9.17, 15) is 14.7 Å². The van der Waals surface area contributed by atoms with E-state index in [1.165, 1.54) is 4.90 Å². The molecular weight excluding hydrogens is 258 g/mol. The summed E-state index contributed by atoms with van der Waals surface area (Å²) in [5.41, 5.74) is 2.69. The van der Waals surface area contributed by atoms with Crippen LogP contribution in [-0.4, -0.2) is 28.6 Å². The number of aliphatic hydroxyl groups is 1. The monoisotopic (exact) mass is 275 g/mol. The summed E-state index contributed by atoms with van der Waals surface area (Å²) >= 11 is 0. The zero-order valence-electron chi connectivity index (χ0n) is 11.1. The van der Waals surface area contributed by atoms with Crippen LogP contribution in [0.5, 0.6) is 0 Å². The van der Waals surface area contributed by atoms with Crippen molar-refractivity contribution in [2.45, 2.75) is 31.8 Å². The van der Waals surface area contributed by atoms with Crippen LogP contribution in [0.15, 0.2) is 18.2 Å². The van der Waals surface area contributed by atoms with E-state index in [4.69, 9.17) is 5.11 Å². The highest BCUT2D eigenvalue weighted by atomic mass is 16.4. The molecule has 5 nitrogen and oxygen atoms in total. The van der Waals surface area contributed by atoms with Gasteiger partial charge in [-0.15, -0.1) is 0 Å². The Bertz CT molecular complexity index is 569. The van der Waals surface area contributed by atoms with Crippen molar-refractivity contribution in [1.29, 1.82) is 0 Å². The number of benzene rings is 1. The minimum Gasteiger partial charge on any atom is -0.481 e. The summed E-state index contributed by atoms with van der Waals surface area (Å²) in [4.78, 5) is 24.4. The van der Waals surface area contributed by atoms with Crippen molar-refractivity contribution < 1.29 is 19.8 Å². The predicted molar refractivity (Wildman–Crippen MR) is 72.4 cm³/mol. The summed E-state index contributed by atoms with van der Waals surface area (Å²) in [6.07, 6.45) is 2.22. The molecule has 2 aliphatic rings. The Labute approximate surface area is 116 Å². The summed E-state index contributed by atoms with van der Waals surface area (Å²) in [5.74, 6) is -1.73. The molecule has 2 atom stereocenters. The molecule has 0 aromatic heterocycles. The lowest BCUT2D eigenvalue weighted by atomic mass is 9.89. The third-order valence-corrected chi connectivity index (χ3v) is 4.20. The summed E-state index contributed by atoms with van der Waals surface area (Å²) in [6, 6.07) is 5.62. The van der Waals surface area contributed by atoms with Crippen LogP contribution >= 0.6 is 0 Å². The predicted octanol–water partition coefficient (Wildman–Crippen LogP) is 1.49. The Morgan fingerprint density at radius 3 is 2.85 bits per heavy atom. The molecule has 0 radical (unpaired) electrons. The number of carbonyl (C=O) groups is 2. The highest BCUT2D eigenvalue weighted by Crippen LogP contribution is 2.34. The Hall–Kier alpha value is -1.88. The van der Waals surface area contributed by atoms with Crippen LogP contribution in [0.25, 0.3) is 0 Å². The largest absolute Gasteiger partial charge is 0.481 e. The molecule has 0 bridgehead atoms. The molecule has 1 saturated heterocycles. The molecule has 2 N–H and O–H groups in total. The smallest absolute Gasteiger partial charge is 0.308 e. The normalized spacial score (nSPS) is 25.6. The zero-order chi connectivity index (χ0) is 14.3.